The highest BCUT2D eigenvalue weighted by atomic mass is 16.7. The number of aromatic nitrogens is 1. The van der Waals surface area contributed by atoms with Crippen molar-refractivity contribution in [2.75, 3.05) is 19.9 Å². The molecule has 1 N–H and O–H groups in total. The molecule has 2 amide bonds. The third kappa shape index (κ3) is 2.55. The molecular weight excluding hydrogens is 394 g/mol. The standard InChI is InChI=1S/C24H19N3O4/c1-2-9-26-12-21(28)27-18(24(26)29)11-16-15-5-3-4-6-17(15)25-22(16)23(27)14-7-8-19-20(10-14)31-13-30-19/h1,3-8,10,18,23,25H,9,11-13H2/t18-,23-/m1/s1. The number of amides is 2. The number of H-pyrrole nitrogens is 1. The summed E-state index contributed by atoms with van der Waals surface area (Å²) >= 11 is 0. The maximum Gasteiger partial charge on any atom is 0.247 e. The number of piperazine rings is 1. The number of nitrogens with zero attached hydrogens (tertiary/aromatic N) is 2. The number of hydrogen-bond donors (Lipinski definition) is 1. The third-order valence-corrected chi connectivity index (χ3v) is 6.34. The SMILES string of the molecule is C#CCN1CC(=O)N2[C@H](c3ccc4c(c3)OCO4)c3[nH]c4ccccc4c3C[C@@H]2C1=O. The number of benzene rings is 2. The van der Waals surface area contributed by atoms with Gasteiger partial charge in [-0.3, -0.25) is 9.59 Å². The molecule has 7 heteroatoms. The van der Waals surface area contributed by atoms with Crippen molar-refractivity contribution in [2.45, 2.75) is 18.5 Å². The van der Waals surface area contributed by atoms with Crippen LogP contribution in [0.1, 0.15) is 22.9 Å². The highest BCUT2D eigenvalue weighted by Gasteiger charge is 2.48. The van der Waals surface area contributed by atoms with Crippen molar-refractivity contribution >= 4 is 22.7 Å². The molecule has 4 heterocycles. The van der Waals surface area contributed by atoms with E-state index in [1.807, 2.05) is 42.5 Å². The molecule has 1 fully saturated rings. The van der Waals surface area contributed by atoms with Gasteiger partial charge in [-0.1, -0.05) is 30.2 Å². The number of rotatable bonds is 2. The number of carbonyl (C=O) groups excluding carboxylic acids is 2. The summed E-state index contributed by atoms with van der Waals surface area (Å²) in [4.78, 5) is 33.3. The van der Waals surface area contributed by atoms with E-state index in [9.17, 15) is 9.59 Å². The van der Waals surface area contributed by atoms with Crippen LogP contribution >= 0.6 is 0 Å². The molecule has 1 saturated heterocycles. The van der Waals surface area contributed by atoms with E-state index >= 15 is 0 Å². The van der Waals surface area contributed by atoms with Crippen LogP contribution in [0.15, 0.2) is 42.5 Å². The maximum absolute atomic E-state index is 13.3. The highest BCUT2D eigenvalue weighted by Crippen LogP contribution is 2.44. The zero-order chi connectivity index (χ0) is 21.1. The van der Waals surface area contributed by atoms with Gasteiger partial charge in [0.25, 0.3) is 0 Å². The Morgan fingerprint density at radius 3 is 2.84 bits per heavy atom. The molecule has 6 rings (SSSR count). The van der Waals surface area contributed by atoms with Crippen LogP contribution < -0.4 is 9.47 Å². The van der Waals surface area contributed by atoms with E-state index in [0.717, 1.165) is 27.7 Å². The average molecular weight is 413 g/mol. The Labute approximate surface area is 178 Å². The Bertz CT molecular complexity index is 1290. The van der Waals surface area contributed by atoms with Gasteiger partial charge in [-0.2, -0.15) is 0 Å². The highest BCUT2D eigenvalue weighted by molar-refractivity contribution is 5.97. The van der Waals surface area contributed by atoms with Crippen LogP contribution in [-0.2, 0) is 16.0 Å². The fourth-order valence-electron chi connectivity index (χ4n) is 5.00. The van der Waals surface area contributed by atoms with Crippen LogP contribution in [0.4, 0.5) is 0 Å². The Morgan fingerprint density at radius 2 is 1.97 bits per heavy atom. The summed E-state index contributed by atoms with van der Waals surface area (Å²) in [5, 5.41) is 1.07. The predicted molar refractivity (Wildman–Crippen MR) is 112 cm³/mol. The van der Waals surface area contributed by atoms with E-state index in [1.165, 1.54) is 4.90 Å². The van der Waals surface area contributed by atoms with Gasteiger partial charge in [-0.05, 0) is 29.3 Å². The zero-order valence-corrected chi connectivity index (χ0v) is 16.6. The molecule has 3 aliphatic rings. The normalized spacial score (nSPS) is 21.8. The second kappa shape index (κ2) is 6.54. The predicted octanol–water partition coefficient (Wildman–Crippen LogP) is 2.21. The largest absolute Gasteiger partial charge is 0.454 e. The fourth-order valence-corrected chi connectivity index (χ4v) is 5.00. The van der Waals surface area contributed by atoms with Gasteiger partial charge in [0.2, 0.25) is 18.6 Å². The molecule has 31 heavy (non-hydrogen) atoms. The molecule has 0 saturated carbocycles. The lowest BCUT2D eigenvalue weighted by Gasteiger charge is -2.46. The van der Waals surface area contributed by atoms with Crippen molar-refractivity contribution in [1.82, 2.24) is 14.8 Å². The molecule has 0 bridgehead atoms. The van der Waals surface area contributed by atoms with Crippen LogP contribution in [0.25, 0.3) is 10.9 Å². The van der Waals surface area contributed by atoms with Crippen molar-refractivity contribution in [2.24, 2.45) is 0 Å². The number of fused-ring (bicyclic) bond motifs is 5. The number of ether oxygens (including phenoxy) is 2. The molecule has 2 atom stereocenters. The summed E-state index contributed by atoms with van der Waals surface area (Å²) in [5.41, 5.74) is 3.85. The van der Waals surface area contributed by atoms with E-state index in [0.29, 0.717) is 17.9 Å². The van der Waals surface area contributed by atoms with Crippen molar-refractivity contribution in [3.63, 3.8) is 0 Å². The van der Waals surface area contributed by atoms with Gasteiger partial charge in [0.1, 0.15) is 12.6 Å². The van der Waals surface area contributed by atoms with E-state index in [4.69, 9.17) is 15.9 Å². The monoisotopic (exact) mass is 413 g/mol. The van der Waals surface area contributed by atoms with Crippen molar-refractivity contribution in [3.05, 3.63) is 59.3 Å². The Hall–Kier alpha value is -3.92. The lowest BCUT2D eigenvalue weighted by Crippen LogP contribution is -2.63. The summed E-state index contributed by atoms with van der Waals surface area (Å²) in [7, 11) is 0. The first-order valence-electron chi connectivity index (χ1n) is 10.2. The smallest absolute Gasteiger partial charge is 0.247 e. The second-order valence-corrected chi connectivity index (χ2v) is 8.00. The number of carbonyl (C=O) groups is 2. The molecule has 0 unspecified atom stereocenters. The first-order chi connectivity index (χ1) is 15.2. The van der Waals surface area contributed by atoms with Crippen LogP contribution in [0, 0.1) is 12.3 Å². The lowest BCUT2D eigenvalue weighted by atomic mass is 9.86. The molecule has 7 nitrogen and oxygen atoms in total. The van der Waals surface area contributed by atoms with E-state index in [-0.39, 0.29) is 31.7 Å². The minimum Gasteiger partial charge on any atom is -0.454 e. The topological polar surface area (TPSA) is 74.9 Å². The van der Waals surface area contributed by atoms with Crippen molar-refractivity contribution in [1.29, 1.82) is 0 Å². The first kappa shape index (κ1) is 17.9. The van der Waals surface area contributed by atoms with Crippen molar-refractivity contribution < 1.29 is 19.1 Å². The molecule has 2 aromatic carbocycles. The Kier molecular flexibility index (Phi) is 3.78. The Morgan fingerprint density at radius 1 is 1.13 bits per heavy atom. The molecule has 154 valence electrons. The lowest BCUT2D eigenvalue weighted by molar-refractivity contribution is -0.158. The minimum absolute atomic E-state index is 0.0177. The van der Waals surface area contributed by atoms with Gasteiger partial charge in [-0.25, -0.2) is 0 Å². The summed E-state index contributed by atoms with van der Waals surface area (Å²) in [5.74, 6) is 3.58. The van der Waals surface area contributed by atoms with Gasteiger partial charge in [-0.15, -0.1) is 6.42 Å². The molecule has 0 spiro atoms. The van der Waals surface area contributed by atoms with Gasteiger partial charge in [0.05, 0.1) is 12.6 Å². The van der Waals surface area contributed by atoms with E-state index in [2.05, 4.69) is 10.9 Å². The molecule has 0 radical (unpaired) electrons. The molecule has 0 aliphatic carbocycles. The summed E-state index contributed by atoms with van der Waals surface area (Å²) in [6.07, 6.45) is 5.89. The minimum atomic E-state index is -0.600. The zero-order valence-electron chi connectivity index (χ0n) is 16.6. The summed E-state index contributed by atoms with van der Waals surface area (Å²) in [6, 6.07) is 12.7. The van der Waals surface area contributed by atoms with Gasteiger partial charge < -0.3 is 24.3 Å². The van der Waals surface area contributed by atoms with Gasteiger partial charge in [0.15, 0.2) is 11.5 Å². The Balaban J connectivity index is 1.55. The number of nitrogens with one attached hydrogen (secondary N) is 1. The quantitative estimate of drug-likeness (QED) is 0.654. The maximum atomic E-state index is 13.3. The molecule has 1 aromatic heterocycles. The number of hydrogen-bond acceptors (Lipinski definition) is 4. The molecular formula is C24H19N3O4. The van der Waals surface area contributed by atoms with Crippen LogP contribution in [-0.4, -0.2) is 52.5 Å². The first-order valence-corrected chi connectivity index (χ1v) is 10.2. The summed E-state index contributed by atoms with van der Waals surface area (Å²) in [6.45, 7) is 0.284. The average Bonchev–Trinajstić information content (AvgIpc) is 3.40. The van der Waals surface area contributed by atoms with Crippen LogP contribution in [0.5, 0.6) is 11.5 Å². The van der Waals surface area contributed by atoms with E-state index < -0.39 is 12.1 Å². The third-order valence-electron chi connectivity index (χ3n) is 6.34. The number of terminal acetylenes is 1. The van der Waals surface area contributed by atoms with Gasteiger partial charge in [0, 0.05) is 23.0 Å². The van der Waals surface area contributed by atoms with Crippen LogP contribution in [0.3, 0.4) is 0 Å². The van der Waals surface area contributed by atoms with Gasteiger partial charge >= 0.3 is 0 Å². The molecule has 3 aromatic rings. The molecule has 3 aliphatic heterocycles. The summed E-state index contributed by atoms with van der Waals surface area (Å²) < 4.78 is 11.0. The fraction of sp³-hybridized carbons (Fsp3) is 0.250. The second-order valence-electron chi connectivity index (χ2n) is 8.00. The van der Waals surface area contributed by atoms with Crippen molar-refractivity contribution in [3.8, 4) is 23.8 Å². The van der Waals surface area contributed by atoms with Crippen LogP contribution in [0.2, 0.25) is 0 Å². The van der Waals surface area contributed by atoms with E-state index in [1.54, 1.807) is 4.90 Å². The number of para-hydroxylation sites is 1. The number of aromatic amines is 1.